The van der Waals surface area contributed by atoms with Gasteiger partial charge < -0.3 is 5.32 Å². The lowest BCUT2D eigenvalue weighted by Crippen LogP contribution is -2.11. The van der Waals surface area contributed by atoms with Crippen molar-refractivity contribution < 1.29 is 4.79 Å². The third-order valence-corrected chi connectivity index (χ3v) is 6.07. The number of hydrogen-bond acceptors (Lipinski definition) is 1. The van der Waals surface area contributed by atoms with Crippen LogP contribution in [-0.2, 0) is 4.79 Å². The zero-order valence-corrected chi connectivity index (χ0v) is 19.3. The summed E-state index contributed by atoms with van der Waals surface area (Å²) in [6.45, 7) is 2.28. The summed E-state index contributed by atoms with van der Waals surface area (Å²) in [4.78, 5) is 12.3. The highest BCUT2D eigenvalue weighted by Crippen LogP contribution is 2.23. The van der Waals surface area contributed by atoms with Crippen LogP contribution in [0.5, 0.6) is 0 Å². The summed E-state index contributed by atoms with van der Waals surface area (Å²) in [5, 5.41) is 5.38. The molecule has 0 bridgehead atoms. The van der Waals surface area contributed by atoms with Crippen LogP contribution in [0.2, 0.25) is 0 Å². The summed E-state index contributed by atoms with van der Waals surface area (Å²) < 4.78 is 0. The largest absolute Gasteiger partial charge is 0.326 e. The van der Waals surface area contributed by atoms with E-state index in [4.69, 9.17) is 0 Å². The second-order valence-corrected chi connectivity index (χ2v) is 8.77. The molecule has 2 nitrogen and oxygen atoms in total. The van der Waals surface area contributed by atoms with Gasteiger partial charge in [0.2, 0.25) is 5.91 Å². The molecule has 0 aliphatic rings. The number of carbonyl (C=O) groups excluding carboxylic acids is 1. The van der Waals surface area contributed by atoms with E-state index in [1.54, 1.807) is 0 Å². The molecule has 0 spiro atoms. The fourth-order valence-electron chi connectivity index (χ4n) is 4.20. The molecule has 0 aliphatic heterocycles. The third-order valence-electron chi connectivity index (χ3n) is 6.07. The molecule has 30 heavy (non-hydrogen) atoms. The predicted molar refractivity (Wildman–Crippen MR) is 132 cm³/mol. The maximum absolute atomic E-state index is 12.3. The van der Waals surface area contributed by atoms with Gasteiger partial charge in [-0.3, -0.25) is 4.79 Å². The Bertz CT molecular complexity index is 703. The smallest absolute Gasteiger partial charge is 0.224 e. The molecule has 0 atom stereocenters. The van der Waals surface area contributed by atoms with Gasteiger partial charge in [0.05, 0.1) is 0 Å². The second kappa shape index (κ2) is 15.9. The van der Waals surface area contributed by atoms with Gasteiger partial charge in [0.15, 0.2) is 0 Å². The molecule has 0 heterocycles. The van der Waals surface area contributed by atoms with Gasteiger partial charge in [-0.1, -0.05) is 133 Å². The monoisotopic (exact) mass is 409 g/mol. The average molecular weight is 410 g/mol. The number of carbonyl (C=O) groups is 1. The molecular weight excluding hydrogens is 366 g/mol. The Morgan fingerprint density at radius 3 is 1.73 bits per heavy atom. The van der Waals surface area contributed by atoms with Crippen LogP contribution in [0.25, 0.3) is 10.8 Å². The quantitative estimate of drug-likeness (QED) is 0.259. The van der Waals surface area contributed by atoms with Crippen LogP contribution in [0.1, 0.15) is 110 Å². The lowest BCUT2D eigenvalue weighted by Gasteiger charge is -2.08. The SMILES string of the molecule is CCCCCCCCCCCCCCCCCC(=O)Nc1cccc2ccccc12. The molecule has 1 amide bonds. The van der Waals surface area contributed by atoms with Gasteiger partial charge >= 0.3 is 0 Å². The average Bonchev–Trinajstić information content (AvgIpc) is 2.76. The van der Waals surface area contributed by atoms with Crippen molar-refractivity contribution in [1.29, 1.82) is 0 Å². The normalized spacial score (nSPS) is 11.1. The van der Waals surface area contributed by atoms with E-state index in [-0.39, 0.29) is 5.91 Å². The molecule has 0 saturated carbocycles. The van der Waals surface area contributed by atoms with Crippen molar-refractivity contribution in [2.24, 2.45) is 0 Å². The van der Waals surface area contributed by atoms with Gasteiger partial charge in [0, 0.05) is 17.5 Å². The molecule has 2 heteroatoms. The van der Waals surface area contributed by atoms with E-state index in [0.717, 1.165) is 17.5 Å². The lowest BCUT2D eigenvalue weighted by molar-refractivity contribution is -0.116. The fraction of sp³-hybridized carbons (Fsp3) is 0.607. The highest BCUT2D eigenvalue weighted by atomic mass is 16.1. The zero-order chi connectivity index (χ0) is 21.3. The van der Waals surface area contributed by atoms with Gasteiger partial charge in [0.1, 0.15) is 0 Å². The summed E-state index contributed by atoms with van der Waals surface area (Å²) in [6.07, 6.45) is 20.9. The number of amides is 1. The van der Waals surface area contributed by atoms with Crippen molar-refractivity contribution in [3.8, 4) is 0 Å². The van der Waals surface area contributed by atoms with Gasteiger partial charge in [-0.05, 0) is 17.9 Å². The Balaban J connectivity index is 1.41. The molecule has 0 radical (unpaired) electrons. The van der Waals surface area contributed by atoms with Crippen molar-refractivity contribution in [2.45, 2.75) is 110 Å². The van der Waals surface area contributed by atoms with Crippen LogP contribution in [-0.4, -0.2) is 5.91 Å². The van der Waals surface area contributed by atoms with E-state index >= 15 is 0 Å². The Labute approximate surface area is 184 Å². The van der Waals surface area contributed by atoms with Gasteiger partial charge in [-0.25, -0.2) is 0 Å². The summed E-state index contributed by atoms with van der Waals surface area (Å²) in [5.41, 5.74) is 0.930. The molecule has 0 unspecified atom stereocenters. The summed E-state index contributed by atoms with van der Waals surface area (Å²) in [5.74, 6) is 0.140. The predicted octanol–water partition coefficient (Wildman–Crippen LogP) is 9.04. The summed E-state index contributed by atoms with van der Waals surface area (Å²) >= 11 is 0. The first kappa shape index (κ1) is 24.4. The fourth-order valence-corrected chi connectivity index (χ4v) is 4.20. The maximum atomic E-state index is 12.3. The van der Waals surface area contributed by atoms with E-state index in [1.165, 1.54) is 95.3 Å². The van der Waals surface area contributed by atoms with E-state index in [1.807, 2.05) is 24.3 Å². The third kappa shape index (κ3) is 10.3. The van der Waals surface area contributed by atoms with E-state index < -0.39 is 0 Å². The minimum atomic E-state index is 0.140. The van der Waals surface area contributed by atoms with Crippen molar-refractivity contribution in [1.82, 2.24) is 0 Å². The molecule has 2 aromatic rings. The van der Waals surface area contributed by atoms with Crippen LogP contribution in [0.15, 0.2) is 42.5 Å². The molecule has 166 valence electrons. The topological polar surface area (TPSA) is 29.1 Å². The molecule has 0 fully saturated rings. The zero-order valence-electron chi connectivity index (χ0n) is 19.3. The number of benzene rings is 2. The number of nitrogens with one attached hydrogen (secondary N) is 1. The summed E-state index contributed by atoms with van der Waals surface area (Å²) in [7, 11) is 0. The lowest BCUT2D eigenvalue weighted by atomic mass is 10.0. The molecule has 1 N–H and O–H groups in total. The standard InChI is InChI=1S/C28H43NO/c1-2-3-4-5-6-7-8-9-10-11-12-13-14-15-16-24-28(30)29-27-23-19-21-25-20-17-18-22-26(25)27/h17-23H,2-16,24H2,1H3,(H,29,30). The number of fused-ring (bicyclic) bond motifs is 1. The minimum absolute atomic E-state index is 0.140. The first-order chi connectivity index (χ1) is 14.8. The number of anilines is 1. The second-order valence-electron chi connectivity index (χ2n) is 8.77. The van der Waals surface area contributed by atoms with Crippen molar-refractivity contribution in [3.05, 3.63) is 42.5 Å². The van der Waals surface area contributed by atoms with Gasteiger partial charge in [-0.2, -0.15) is 0 Å². The van der Waals surface area contributed by atoms with Crippen molar-refractivity contribution in [3.63, 3.8) is 0 Å². The highest BCUT2D eigenvalue weighted by Gasteiger charge is 2.05. The van der Waals surface area contributed by atoms with Gasteiger partial charge in [0.25, 0.3) is 0 Å². The number of rotatable bonds is 17. The molecule has 0 saturated heterocycles. The van der Waals surface area contributed by atoms with Gasteiger partial charge in [-0.15, -0.1) is 0 Å². The first-order valence-corrected chi connectivity index (χ1v) is 12.6. The Morgan fingerprint density at radius 1 is 0.633 bits per heavy atom. The van der Waals surface area contributed by atoms with Crippen LogP contribution in [0.4, 0.5) is 5.69 Å². The Morgan fingerprint density at radius 2 is 1.13 bits per heavy atom. The Hall–Kier alpha value is -1.83. The molecule has 0 aliphatic carbocycles. The summed E-state index contributed by atoms with van der Waals surface area (Å²) in [6, 6.07) is 14.3. The first-order valence-electron chi connectivity index (χ1n) is 12.6. The van der Waals surface area contributed by atoms with Crippen molar-refractivity contribution in [2.75, 3.05) is 5.32 Å². The maximum Gasteiger partial charge on any atom is 0.224 e. The molecular formula is C28H43NO. The van der Waals surface area contributed by atoms with E-state index in [2.05, 4.69) is 30.4 Å². The highest BCUT2D eigenvalue weighted by molar-refractivity contribution is 6.02. The van der Waals surface area contributed by atoms with Crippen LogP contribution >= 0.6 is 0 Å². The van der Waals surface area contributed by atoms with Crippen LogP contribution < -0.4 is 5.32 Å². The van der Waals surface area contributed by atoms with E-state index in [9.17, 15) is 4.79 Å². The van der Waals surface area contributed by atoms with E-state index in [0.29, 0.717) is 6.42 Å². The van der Waals surface area contributed by atoms with Crippen LogP contribution in [0, 0.1) is 0 Å². The number of hydrogen-bond donors (Lipinski definition) is 1. The number of unbranched alkanes of at least 4 members (excludes halogenated alkanes) is 14. The Kier molecular flexibility index (Phi) is 13.0. The van der Waals surface area contributed by atoms with Crippen molar-refractivity contribution >= 4 is 22.4 Å². The molecule has 2 rings (SSSR count). The minimum Gasteiger partial charge on any atom is -0.326 e. The molecule has 2 aromatic carbocycles. The van der Waals surface area contributed by atoms with Crippen LogP contribution in [0.3, 0.4) is 0 Å². The molecule has 0 aromatic heterocycles.